The smallest absolute Gasteiger partial charge is 0.412 e. The van der Waals surface area contributed by atoms with Crippen LogP contribution >= 0.6 is 22.7 Å². The minimum absolute atomic E-state index is 0.0743. The molecule has 248 valence electrons. The van der Waals surface area contributed by atoms with Gasteiger partial charge < -0.3 is 14.4 Å². The van der Waals surface area contributed by atoms with Crippen LogP contribution in [0.1, 0.15) is 71.0 Å². The highest BCUT2D eigenvalue weighted by atomic mass is 32.1. The first kappa shape index (κ1) is 33.1. The molecule has 12 heteroatoms. The Hall–Kier alpha value is -4.81. The fraction of sp³-hybridized carbons (Fsp3) is 0.306. The van der Waals surface area contributed by atoms with Gasteiger partial charge in [-0.1, -0.05) is 35.6 Å². The van der Waals surface area contributed by atoms with E-state index < -0.39 is 11.7 Å². The molecule has 3 heterocycles. The summed E-state index contributed by atoms with van der Waals surface area (Å²) in [7, 11) is 0. The summed E-state index contributed by atoms with van der Waals surface area (Å²) < 4.78 is 12.2. The molecule has 0 saturated carbocycles. The molecule has 0 atom stereocenters. The monoisotopic (exact) mass is 683 g/mol. The number of ketones is 1. The van der Waals surface area contributed by atoms with E-state index in [4.69, 9.17) is 14.5 Å². The number of amides is 2. The van der Waals surface area contributed by atoms with Gasteiger partial charge in [-0.15, -0.1) is 11.3 Å². The second-order valence-corrected chi connectivity index (χ2v) is 14.6. The van der Waals surface area contributed by atoms with Gasteiger partial charge in [0.05, 0.1) is 16.8 Å². The lowest BCUT2D eigenvalue weighted by Crippen LogP contribution is -2.32. The third-order valence-corrected chi connectivity index (χ3v) is 9.77. The maximum absolute atomic E-state index is 13.5. The van der Waals surface area contributed by atoms with Gasteiger partial charge in [-0.25, -0.2) is 14.8 Å². The van der Waals surface area contributed by atoms with Crippen LogP contribution in [0.4, 0.5) is 20.7 Å². The van der Waals surface area contributed by atoms with E-state index in [9.17, 15) is 14.4 Å². The lowest BCUT2D eigenvalue weighted by atomic mass is 9.94. The van der Waals surface area contributed by atoms with E-state index in [1.807, 2.05) is 57.2 Å². The number of carbonyl (C=O) groups is 3. The van der Waals surface area contributed by atoms with Crippen LogP contribution in [0.3, 0.4) is 0 Å². The van der Waals surface area contributed by atoms with Gasteiger partial charge in [0.15, 0.2) is 16.0 Å². The quantitative estimate of drug-likeness (QED) is 0.112. The molecular formula is C36H37N5O5S2. The number of nitrogens with one attached hydrogen (secondary N) is 2. The van der Waals surface area contributed by atoms with Crippen LogP contribution in [-0.4, -0.2) is 46.5 Å². The van der Waals surface area contributed by atoms with Crippen molar-refractivity contribution < 1.29 is 23.9 Å². The highest BCUT2D eigenvalue weighted by Crippen LogP contribution is 2.33. The van der Waals surface area contributed by atoms with Gasteiger partial charge in [0.1, 0.15) is 17.0 Å². The minimum Gasteiger partial charge on any atom is -0.494 e. The van der Waals surface area contributed by atoms with E-state index in [-0.39, 0.29) is 11.7 Å². The van der Waals surface area contributed by atoms with Crippen molar-refractivity contribution in [3.05, 3.63) is 94.0 Å². The second-order valence-electron chi connectivity index (χ2n) is 12.5. The van der Waals surface area contributed by atoms with Crippen molar-refractivity contribution in [1.29, 1.82) is 0 Å². The molecule has 0 bridgehead atoms. The predicted molar refractivity (Wildman–Crippen MR) is 191 cm³/mol. The number of ether oxygens (including phenoxy) is 2. The zero-order valence-electron chi connectivity index (χ0n) is 27.3. The molecular weight excluding hydrogens is 647 g/mol. The number of benzene rings is 3. The molecule has 1 aliphatic heterocycles. The highest BCUT2D eigenvalue weighted by Gasteiger charge is 2.26. The Morgan fingerprint density at radius 3 is 2.48 bits per heavy atom. The summed E-state index contributed by atoms with van der Waals surface area (Å²) in [6.45, 7) is 8.69. The third kappa shape index (κ3) is 8.00. The average Bonchev–Trinajstić information content (AvgIpc) is 3.66. The zero-order valence-corrected chi connectivity index (χ0v) is 28.9. The summed E-state index contributed by atoms with van der Waals surface area (Å²) in [5.74, 6) is 0.414. The van der Waals surface area contributed by atoms with Crippen molar-refractivity contribution in [3.63, 3.8) is 0 Å². The standard InChI is InChI=1S/C36H37N5O5S2/c1-22(42)31-30(13-8-20-45-25-16-14-24(15-17-25)37-35(44)46-36(2,3)4)48-34(39-31)41-19-18-23-9-7-10-26(27(23)21-41)32(43)40-33-38-28-11-5-6-12-29(28)47-33/h5-7,9-12,14-17H,8,13,18-21H2,1-4H3,(H,37,44)(H,38,40,43). The van der Waals surface area contributed by atoms with Crippen molar-refractivity contribution >= 4 is 66.6 Å². The van der Waals surface area contributed by atoms with Gasteiger partial charge in [-0.05, 0) is 93.6 Å². The number of thiazole rings is 2. The summed E-state index contributed by atoms with van der Waals surface area (Å²) in [4.78, 5) is 50.4. The molecule has 2 N–H and O–H groups in total. The Kier molecular flexibility index (Phi) is 9.74. The fourth-order valence-corrected chi connectivity index (χ4v) is 7.48. The van der Waals surface area contributed by atoms with Gasteiger partial charge in [0.25, 0.3) is 5.91 Å². The average molecular weight is 684 g/mol. The van der Waals surface area contributed by atoms with Crippen LogP contribution in [0.5, 0.6) is 5.75 Å². The number of aromatic nitrogens is 2. The van der Waals surface area contributed by atoms with Crippen molar-refractivity contribution in [3.8, 4) is 5.75 Å². The topological polar surface area (TPSA) is 123 Å². The first-order valence-corrected chi connectivity index (χ1v) is 17.4. The van der Waals surface area contributed by atoms with Crippen LogP contribution < -0.4 is 20.3 Å². The summed E-state index contributed by atoms with van der Waals surface area (Å²) in [5.41, 5.74) is 4.09. The van der Waals surface area contributed by atoms with E-state index in [1.54, 1.807) is 31.2 Å². The maximum Gasteiger partial charge on any atom is 0.412 e. The summed E-state index contributed by atoms with van der Waals surface area (Å²) in [6, 6.07) is 20.8. The molecule has 3 aromatic carbocycles. The number of hydrogen-bond donors (Lipinski definition) is 2. The van der Waals surface area contributed by atoms with Crippen LogP contribution in [-0.2, 0) is 24.1 Å². The Labute approximate surface area is 287 Å². The molecule has 0 fully saturated rings. The molecule has 0 radical (unpaired) electrons. The molecule has 0 spiro atoms. The lowest BCUT2D eigenvalue weighted by molar-refractivity contribution is 0.0635. The summed E-state index contributed by atoms with van der Waals surface area (Å²) in [6.07, 6.45) is 1.59. The number of Topliss-reactive ketones (excluding diaryl/α,β-unsaturated/α-hetero) is 1. The van der Waals surface area contributed by atoms with Crippen LogP contribution in [0.2, 0.25) is 0 Å². The summed E-state index contributed by atoms with van der Waals surface area (Å²) in [5, 5.41) is 7.05. The number of carbonyl (C=O) groups excluding carboxylic acids is 3. The highest BCUT2D eigenvalue weighted by molar-refractivity contribution is 7.22. The number of para-hydroxylation sites is 1. The molecule has 10 nitrogen and oxygen atoms in total. The van der Waals surface area contributed by atoms with Crippen LogP contribution in [0.25, 0.3) is 10.2 Å². The van der Waals surface area contributed by atoms with Gasteiger partial charge in [0, 0.05) is 36.1 Å². The van der Waals surface area contributed by atoms with E-state index in [0.29, 0.717) is 53.8 Å². The molecule has 5 aromatic rings. The Morgan fingerprint density at radius 1 is 0.938 bits per heavy atom. The largest absolute Gasteiger partial charge is 0.494 e. The Morgan fingerprint density at radius 2 is 1.73 bits per heavy atom. The van der Waals surface area contributed by atoms with E-state index in [1.165, 1.54) is 22.7 Å². The SMILES string of the molecule is CC(=O)c1nc(N2CCc3cccc(C(=O)Nc4nc5ccccc5s4)c3C2)sc1CCCOc1ccc(NC(=O)OC(C)(C)C)cc1. The number of nitrogens with zero attached hydrogens (tertiary/aromatic N) is 3. The van der Waals surface area contributed by atoms with Crippen LogP contribution in [0, 0.1) is 0 Å². The van der Waals surface area contributed by atoms with E-state index in [0.717, 1.165) is 44.3 Å². The van der Waals surface area contributed by atoms with Crippen molar-refractivity contribution in [2.75, 3.05) is 28.7 Å². The normalized spacial score (nSPS) is 12.8. The number of fused-ring (bicyclic) bond motifs is 2. The molecule has 0 unspecified atom stereocenters. The molecule has 2 amide bonds. The minimum atomic E-state index is -0.576. The van der Waals surface area contributed by atoms with Crippen molar-refractivity contribution in [2.45, 2.75) is 59.1 Å². The fourth-order valence-electron chi connectivity index (χ4n) is 5.44. The molecule has 1 aliphatic rings. The van der Waals surface area contributed by atoms with Crippen molar-refractivity contribution in [1.82, 2.24) is 9.97 Å². The van der Waals surface area contributed by atoms with Crippen molar-refractivity contribution in [2.24, 2.45) is 0 Å². The van der Waals surface area contributed by atoms with Gasteiger partial charge >= 0.3 is 6.09 Å². The van der Waals surface area contributed by atoms with Gasteiger partial charge in [-0.2, -0.15) is 0 Å². The molecule has 0 saturated heterocycles. The number of aryl methyl sites for hydroxylation is 1. The maximum atomic E-state index is 13.5. The third-order valence-electron chi connectivity index (χ3n) is 7.64. The van der Waals surface area contributed by atoms with Gasteiger partial charge in [-0.3, -0.25) is 20.2 Å². The molecule has 6 rings (SSSR count). The van der Waals surface area contributed by atoms with E-state index >= 15 is 0 Å². The second kappa shape index (κ2) is 14.1. The first-order chi connectivity index (χ1) is 23.0. The molecule has 2 aromatic heterocycles. The van der Waals surface area contributed by atoms with Crippen LogP contribution in [0.15, 0.2) is 66.7 Å². The molecule has 48 heavy (non-hydrogen) atoms. The lowest BCUT2D eigenvalue weighted by Gasteiger charge is -2.29. The number of hydrogen-bond acceptors (Lipinski definition) is 10. The first-order valence-electron chi connectivity index (χ1n) is 15.8. The zero-order chi connectivity index (χ0) is 33.8. The Balaban J connectivity index is 1.07. The molecule has 0 aliphatic carbocycles. The van der Waals surface area contributed by atoms with E-state index in [2.05, 4.69) is 26.6 Å². The van der Waals surface area contributed by atoms with Gasteiger partial charge in [0.2, 0.25) is 0 Å². The number of rotatable bonds is 10. The summed E-state index contributed by atoms with van der Waals surface area (Å²) >= 11 is 2.98. The predicted octanol–water partition coefficient (Wildman–Crippen LogP) is 8.13. The Bertz CT molecular complexity index is 1930. The number of anilines is 3.